The van der Waals surface area contributed by atoms with Gasteiger partial charge in [0, 0.05) is 13.8 Å². The molecule has 6 nitrogen and oxygen atoms in total. The van der Waals surface area contributed by atoms with E-state index in [2.05, 4.69) is 13.0 Å². The monoisotopic (exact) mass is 424 g/mol. The highest BCUT2D eigenvalue weighted by Crippen LogP contribution is 2.29. The summed E-state index contributed by atoms with van der Waals surface area (Å²) < 4.78 is 16.6. The van der Waals surface area contributed by atoms with Crippen LogP contribution in [0.3, 0.4) is 0 Å². The molecule has 1 aliphatic rings. The lowest BCUT2D eigenvalue weighted by Gasteiger charge is -2.30. The summed E-state index contributed by atoms with van der Waals surface area (Å²) >= 11 is 0. The highest BCUT2D eigenvalue weighted by Gasteiger charge is 2.30. The first-order chi connectivity index (χ1) is 14.0. The molecule has 1 N–H and O–H groups in total. The smallest absolute Gasteiger partial charge is 0.302 e. The number of esters is 2. The fraction of sp³-hybridized carbons (Fsp3) is 0.750. The van der Waals surface area contributed by atoms with Crippen molar-refractivity contribution in [2.24, 2.45) is 5.92 Å². The number of hydrogen-bond acceptors (Lipinski definition) is 6. The predicted octanol–water partition coefficient (Wildman–Crippen LogP) is 4.50. The maximum absolute atomic E-state index is 11.6. The maximum Gasteiger partial charge on any atom is 0.302 e. The molecule has 0 amide bonds. The number of allylic oxidation sites excluding steroid dienone is 1. The zero-order valence-electron chi connectivity index (χ0n) is 19.5. The van der Waals surface area contributed by atoms with Gasteiger partial charge in [-0.3, -0.25) is 9.59 Å². The van der Waals surface area contributed by atoms with Gasteiger partial charge in [0.1, 0.15) is 12.7 Å². The lowest BCUT2D eigenvalue weighted by atomic mass is 9.83. The van der Waals surface area contributed by atoms with Crippen LogP contribution in [0.2, 0.25) is 0 Å². The molecule has 1 aliphatic heterocycles. The van der Waals surface area contributed by atoms with Gasteiger partial charge in [0.2, 0.25) is 0 Å². The van der Waals surface area contributed by atoms with Crippen molar-refractivity contribution in [3.8, 4) is 0 Å². The van der Waals surface area contributed by atoms with Gasteiger partial charge in [-0.25, -0.2) is 0 Å². The van der Waals surface area contributed by atoms with Gasteiger partial charge in [-0.15, -0.1) is 0 Å². The molecule has 0 aliphatic carbocycles. The van der Waals surface area contributed by atoms with Gasteiger partial charge in [-0.05, 0) is 70.4 Å². The second-order valence-corrected chi connectivity index (χ2v) is 8.88. The van der Waals surface area contributed by atoms with Crippen LogP contribution in [0.4, 0.5) is 0 Å². The number of carbonyl (C=O) groups excluding carboxylic acids is 2. The van der Waals surface area contributed by atoms with E-state index in [1.165, 1.54) is 19.4 Å². The molecular formula is C24H40O6. The first-order valence-electron chi connectivity index (χ1n) is 11.0. The molecule has 30 heavy (non-hydrogen) atoms. The van der Waals surface area contributed by atoms with Gasteiger partial charge >= 0.3 is 11.9 Å². The van der Waals surface area contributed by atoms with Crippen LogP contribution in [-0.4, -0.2) is 48.1 Å². The second kappa shape index (κ2) is 12.9. The Labute approximate surface area is 181 Å². The molecule has 0 aromatic carbocycles. The van der Waals surface area contributed by atoms with E-state index in [0.717, 1.165) is 31.3 Å². The average Bonchev–Trinajstić information content (AvgIpc) is 2.82. The Bertz CT molecular complexity index is 615. The van der Waals surface area contributed by atoms with Crippen LogP contribution in [0.1, 0.15) is 80.1 Å². The number of ether oxygens (including phenoxy) is 3. The van der Waals surface area contributed by atoms with Gasteiger partial charge in [0.15, 0.2) is 0 Å². The minimum Gasteiger partial charge on any atom is -0.462 e. The molecule has 1 rings (SSSR count). The fourth-order valence-electron chi connectivity index (χ4n) is 3.51. The lowest BCUT2D eigenvalue weighted by molar-refractivity contribution is -0.154. The SMILES string of the molecule is CC(=O)OC/C=C1\CC[C@@H](OC(C)=O)[C@H](CCCC(C)C(C)(O)CC=C(C)C)OC1. The largest absolute Gasteiger partial charge is 0.462 e. The summed E-state index contributed by atoms with van der Waals surface area (Å²) in [5.74, 6) is -0.476. The number of hydrogen-bond donors (Lipinski definition) is 1. The third-order valence-corrected chi connectivity index (χ3v) is 5.73. The van der Waals surface area contributed by atoms with Crippen molar-refractivity contribution in [2.45, 2.75) is 97.9 Å². The van der Waals surface area contributed by atoms with Crippen LogP contribution in [0.5, 0.6) is 0 Å². The van der Waals surface area contributed by atoms with Crippen molar-refractivity contribution >= 4 is 11.9 Å². The molecule has 0 aromatic rings. The molecule has 1 heterocycles. The van der Waals surface area contributed by atoms with Crippen molar-refractivity contribution < 1.29 is 28.9 Å². The molecule has 0 spiro atoms. The normalized spacial score (nSPS) is 23.8. The summed E-state index contributed by atoms with van der Waals surface area (Å²) in [6, 6.07) is 0. The van der Waals surface area contributed by atoms with Gasteiger partial charge in [0.25, 0.3) is 0 Å². The molecular weight excluding hydrogens is 384 g/mol. The van der Waals surface area contributed by atoms with E-state index in [-0.39, 0.29) is 36.7 Å². The zero-order valence-corrected chi connectivity index (χ0v) is 19.5. The number of aliphatic hydroxyl groups is 1. The average molecular weight is 425 g/mol. The van der Waals surface area contributed by atoms with E-state index < -0.39 is 5.60 Å². The minimum absolute atomic E-state index is 0.144. The van der Waals surface area contributed by atoms with Gasteiger partial charge in [-0.1, -0.05) is 25.0 Å². The summed E-state index contributed by atoms with van der Waals surface area (Å²) in [6.07, 6.45) is 8.05. The van der Waals surface area contributed by atoms with E-state index in [1.807, 2.05) is 26.8 Å². The Hall–Kier alpha value is -1.66. The number of rotatable bonds is 10. The molecule has 0 bridgehead atoms. The summed E-state index contributed by atoms with van der Waals surface area (Å²) in [7, 11) is 0. The lowest BCUT2D eigenvalue weighted by Crippen LogP contribution is -2.34. The standard InChI is InChI=1S/C24H40O6/c1-17(2)12-14-24(6,27)18(3)8-7-9-22-23(30-20(5)26)11-10-21(16-29-22)13-15-28-19(4)25/h12-13,18,22-23,27H,7-11,14-16H2,1-6H3/b21-13+/t18?,22-,23+,24?/m0/s1. The fourth-order valence-corrected chi connectivity index (χ4v) is 3.51. The van der Waals surface area contributed by atoms with E-state index >= 15 is 0 Å². The molecule has 0 aromatic heterocycles. The third kappa shape index (κ3) is 10.4. The topological polar surface area (TPSA) is 82.1 Å². The Morgan fingerprint density at radius 3 is 2.57 bits per heavy atom. The Kier molecular flexibility index (Phi) is 11.3. The summed E-state index contributed by atoms with van der Waals surface area (Å²) in [5.41, 5.74) is 1.51. The van der Waals surface area contributed by atoms with Crippen molar-refractivity contribution in [1.29, 1.82) is 0 Å². The Morgan fingerprint density at radius 2 is 1.97 bits per heavy atom. The molecule has 0 radical (unpaired) electrons. The molecule has 172 valence electrons. The first-order valence-corrected chi connectivity index (χ1v) is 11.0. The molecule has 1 fully saturated rings. The quantitative estimate of drug-likeness (QED) is 0.411. The van der Waals surface area contributed by atoms with Crippen molar-refractivity contribution in [2.75, 3.05) is 13.2 Å². The first kappa shape index (κ1) is 26.4. The zero-order chi connectivity index (χ0) is 22.7. The van der Waals surface area contributed by atoms with Crippen molar-refractivity contribution in [3.63, 3.8) is 0 Å². The highest BCUT2D eigenvalue weighted by molar-refractivity contribution is 5.66. The highest BCUT2D eigenvalue weighted by atomic mass is 16.6. The summed E-state index contributed by atoms with van der Waals surface area (Å²) in [4.78, 5) is 22.5. The van der Waals surface area contributed by atoms with E-state index in [0.29, 0.717) is 19.4 Å². The summed E-state index contributed by atoms with van der Waals surface area (Å²) in [6.45, 7) is 11.5. The molecule has 4 atom stereocenters. The van der Waals surface area contributed by atoms with Crippen LogP contribution >= 0.6 is 0 Å². The van der Waals surface area contributed by atoms with Crippen LogP contribution in [0.25, 0.3) is 0 Å². The van der Waals surface area contributed by atoms with Gasteiger partial charge in [-0.2, -0.15) is 0 Å². The Balaban J connectivity index is 2.64. The van der Waals surface area contributed by atoms with Crippen LogP contribution in [-0.2, 0) is 23.8 Å². The third-order valence-electron chi connectivity index (χ3n) is 5.73. The van der Waals surface area contributed by atoms with Gasteiger partial charge < -0.3 is 19.3 Å². The van der Waals surface area contributed by atoms with Crippen LogP contribution in [0, 0.1) is 5.92 Å². The summed E-state index contributed by atoms with van der Waals surface area (Å²) in [5, 5.41) is 10.8. The molecule has 2 unspecified atom stereocenters. The van der Waals surface area contributed by atoms with Gasteiger partial charge in [0.05, 0.1) is 18.3 Å². The molecule has 1 saturated heterocycles. The molecule has 6 heteroatoms. The van der Waals surface area contributed by atoms with Crippen molar-refractivity contribution in [3.05, 3.63) is 23.3 Å². The maximum atomic E-state index is 11.6. The molecule has 0 saturated carbocycles. The van der Waals surface area contributed by atoms with E-state index in [4.69, 9.17) is 14.2 Å². The predicted molar refractivity (Wildman–Crippen MR) is 117 cm³/mol. The Morgan fingerprint density at radius 1 is 1.27 bits per heavy atom. The van der Waals surface area contributed by atoms with Crippen molar-refractivity contribution in [1.82, 2.24) is 0 Å². The van der Waals surface area contributed by atoms with E-state index in [1.54, 1.807) is 0 Å². The van der Waals surface area contributed by atoms with E-state index in [9.17, 15) is 14.7 Å². The number of carbonyl (C=O) groups is 2. The van der Waals surface area contributed by atoms with Crippen LogP contribution < -0.4 is 0 Å². The van der Waals surface area contributed by atoms with Crippen LogP contribution in [0.15, 0.2) is 23.3 Å². The second-order valence-electron chi connectivity index (χ2n) is 8.88. The minimum atomic E-state index is -0.747.